The Balaban J connectivity index is 2.64. The van der Waals surface area contributed by atoms with Crippen LogP contribution in [0.25, 0.3) is 0 Å². The molecule has 1 rings (SSSR count). The third-order valence-electron chi connectivity index (χ3n) is 2.46. The van der Waals surface area contributed by atoms with Crippen LogP contribution in [0.15, 0.2) is 24.3 Å². The van der Waals surface area contributed by atoms with Crippen LogP contribution in [0.2, 0.25) is 0 Å². The van der Waals surface area contributed by atoms with E-state index in [0.717, 1.165) is 0 Å². The van der Waals surface area contributed by atoms with Crippen LogP contribution in [0, 0.1) is 0 Å². The van der Waals surface area contributed by atoms with Crippen molar-refractivity contribution in [3.63, 3.8) is 0 Å². The van der Waals surface area contributed by atoms with Crippen molar-refractivity contribution in [1.82, 2.24) is 0 Å². The number of hydrogen-bond donors (Lipinski definition) is 1. The second-order valence-corrected chi connectivity index (χ2v) is 6.27. The molecule has 0 heterocycles. The number of aliphatic hydroxyl groups is 1. The molecular weight excluding hydrogens is 240 g/mol. The second-order valence-electron chi connectivity index (χ2n) is 3.80. The van der Waals surface area contributed by atoms with Crippen LogP contribution >= 0.6 is 0 Å². The number of sulfone groups is 1. The van der Waals surface area contributed by atoms with Gasteiger partial charge in [0.25, 0.3) is 0 Å². The molecule has 17 heavy (non-hydrogen) atoms. The third kappa shape index (κ3) is 4.36. The number of aliphatic hydroxyl groups excluding tert-OH is 1. The molecule has 1 atom stereocenters. The molecule has 1 N–H and O–H groups in total. The van der Waals surface area contributed by atoms with Gasteiger partial charge in [0.05, 0.1) is 11.9 Å². The first kappa shape index (κ1) is 14.0. The Morgan fingerprint density at radius 3 is 2.59 bits per heavy atom. The maximum Gasteiger partial charge on any atom is 0.153 e. The average Bonchev–Trinajstić information content (AvgIpc) is 2.29. The lowest BCUT2D eigenvalue weighted by Crippen LogP contribution is -2.16. The van der Waals surface area contributed by atoms with Crippen molar-refractivity contribution >= 4 is 9.84 Å². The zero-order valence-electron chi connectivity index (χ0n) is 10.1. The average molecular weight is 258 g/mol. The highest BCUT2D eigenvalue weighted by Crippen LogP contribution is 2.24. The maximum absolute atomic E-state index is 11.3. The van der Waals surface area contributed by atoms with Crippen LogP contribution in [-0.4, -0.2) is 31.6 Å². The molecule has 1 unspecified atom stereocenters. The SMILES string of the molecule is CCS(=O)(=O)CCOc1ccccc1C(C)O. The molecular formula is C12H18O4S. The van der Waals surface area contributed by atoms with E-state index in [1.165, 1.54) is 0 Å². The first-order valence-corrected chi connectivity index (χ1v) is 7.38. The van der Waals surface area contributed by atoms with E-state index in [4.69, 9.17) is 4.74 Å². The van der Waals surface area contributed by atoms with Crippen molar-refractivity contribution in [2.24, 2.45) is 0 Å². The van der Waals surface area contributed by atoms with E-state index >= 15 is 0 Å². The summed E-state index contributed by atoms with van der Waals surface area (Å²) in [6.07, 6.45) is -0.631. The standard InChI is InChI=1S/C12H18O4S/c1-3-17(14,15)9-8-16-12-7-5-4-6-11(12)10(2)13/h4-7,10,13H,3,8-9H2,1-2H3. The quantitative estimate of drug-likeness (QED) is 0.841. The molecule has 0 amide bonds. The van der Waals surface area contributed by atoms with Crippen LogP contribution in [0.3, 0.4) is 0 Å². The number of benzene rings is 1. The molecule has 0 aliphatic carbocycles. The molecule has 5 heteroatoms. The van der Waals surface area contributed by atoms with Gasteiger partial charge in [0.2, 0.25) is 0 Å². The van der Waals surface area contributed by atoms with E-state index in [2.05, 4.69) is 0 Å². The van der Waals surface area contributed by atoms with Crippen LogP contribution in [0.4, 0.5) is 0 Å². The molecule has 0 fully saturated rings. The van der Waals surface area contributed by atoms with E-state index in [1.54, 1.807) is 38.1 Å². The molecule has 96 valence electrons. The fourth-order valence-corrected chi connectivity index (χ4v) is 2.01. The molecule has 1 aromatic carbocycles. The second kappa shape index (κ2) is 6.02. The van der Waals surface area contributed by atoms with Gasteiger partial charge in [0.15, 0.2) is 9.84 Å². The van der Waals surface area contributed by atoms with E-state index in [1.807, 2.05) is 0 Å². The molecule has 1 aromatic rings. The van der Waals surface area contributed by atoms with Gasteiger partial charge in [0, 0.05) is 11.3 Å². The normalized spacial score (nSPS) is 13.4. The summed E-state index contributed by atoms with van der Waals surface area (Å²) < 4.78 is 28.0. The lowest BCUT2D eigenvalue weighted by Gasteiger charge is -2.12. The van der Waals surface area contributed by atoms with Crippen molar-refractivity contribution < 1.29 is 18.3 Å². The summed E-state index contributed by atoms with van der Waals surface area (Å²) in [5, 5.41) is 9.51. The fourth-order valence-electron chi connectivity index (χ4n) is 1.38. The predicted octanol–water partition coefficient (Wildman–Crippen LogP) is 1.55. The minimum Gasteiger partial charge on any atom is -0.492 e. The molecule has 0 radical (unpaired) electrons. The van der Waals surface area contributed by atoms with Gasteiger partial charge >= 0.3 is 0 Å². The minimum atomic E-state index is -3.01. The number of rotatable bonds is 6. The molecule has 0 aliphatic heterocycles. The highest BCUT2D eigenvalue weighted by atomic mass is 32.2. The fraction of sp³-hybridized carbons (Fsp3) is 0.500. The van der Waals surface area contributed by atoms with Gasteiger partial charge in [0.1, 0.15) is 12.4 Å². The molecule has 0 saturated heterocycles. The zero-order chi connectivity index (χ0) is 12.9. The Labute approximate surface area is 102 Å². The van der Waals surface area contributed by atoms with E-state index in [0.29, 0.717) is 11.3 Å². The predicted molar refractivity (Wildman–Crippen MR) is 66.9 cm³/mol. The van der Waals surface area contributed by atoms with E-state index < -0.39 is 15.9 Å². The number of ether oxygens (including phenoxy) is 1. The Hall–Kier alpha value is -1.07. The van der Waals surface area contributed by atoms with Crippen molar-refractivity contribution in [2.75, 3.05) is 18.1 Å². The Morgan fingerprint density at radius 1 is 1.35 bits per heavy atom. The van der Waals surface area contributed by atoms with Crippen LogP contribution in [-0.2, 0) is 9.84 Å². The zero-order valence-corrected chi connectivity index (χ0v) is 10.9. The highest BCUT2D eigenvalue weighted by Gasteiger charge is 2.10. The van der Waals surface area contributed by atoms with Crippen molar-refractivity contribution in [1.29, 1.82) is 0 Å². The summed E-state index contributed by atoms with van der Waals surface area (Å²) in [6, 6.07) is 7.07. The summed E-state index contributed by atoms with van der Waals surface area (Å²) in [7, 11) is -3.01. The Bertz CT molecular complexity index is 451. The lowest BCUT2D eigenvalue weighted by atomic mass is 10.1. The van der Waals surface area contributed by atoms with Crippen molar-refractivity contribution in [2.45, 2.75) is 20.0 Å². The van der Waals surface area contributed by atoms with E-state index in [-0.39, 0.29) is 18.1 Å². The molecule has 0 aliphatic rings. The first-order chi connectivity index (χ1) is 7.96. The summed E-state index contributed by atoms with van der Waals surface area (Å²) in [5.41, 5.74) is 0.668. The lowest BCUT2D eigenvalue weighted by molar-refractivity contribution is 0.192. The van der Waals surface area contributed by atoms with Crippen LogP contribution < -0.4 is 4.74 Å². The maximum atomic E-state index is 11.3. The van der Waals surface area contributed by atoms with Gasteiger partial charge < -0.3 is 9.84 Å². The Kier molecular flexibility index (Phi) is 4.96. The first-order valence-electron chi connectivity index (χ1n) is 5.56. The molecule has 0 spiro atoms. The number of hydrogen-bond acceptors (Lipinski definition) is 4. The largest absolute Gasteiger partial charge is 0.492 e. The smallest absolute Gasteiger partial charge is 0.153 e. The van der Waals surface area contributed by atoms with Gasteiger partial charge in [-0.05, 0) is 13.0 Å². The molecule has 0 saturated carbocycles. The highest BCUT2D eigenvalue weighted by molar-refractivity contribution is 7.91. The number of para-hydroxylation sites is 1. The monoisotopic (exact) mass is 258 g/mol. The Morgan fingerprint density at radius 2 is 2.00 bits per heavy atom. The summed E-state index contributed by atoms with van der Waals surface area (Å²) in [5.74, 6) is 0.653. The van der Waals surface area contributed by atoms with Gasteiger partial charge in [-0.25, -0.2) is 8.42 Å². The topological polar surface area (TPSA) is 63.6 Å². The third-order valence-corrected chi connectivity index (χ3v) is 4.13. The van der Waals surface area contributed by atoms with Crippen LogP contribution in [0.5, 0.6) is 5.75 Å². The van der Waals surface area contributed by atoms with Crippen LogP contribution in [0.1, 0.15) is 25.5 Å². The van der Waals surface area contributed by atoms with Crippen molar-refractivity contribution in [3.05, 3.63) is 29.8 Å². The summed E-state index contributed by atoms with van der Waals surface area (Å²) in [6.45, 7) is 3.37. The van der Waals surface area contributed by atoms with Gasteiger partial charge in [-0.15, -0.1) is 0 Å². The van der Waals surface area contributed by atoms with Crippen molar-refractivity contribution in [3.8, 4) is 5.75 Å². The van der Waals surface area contributed by atoms with Gasteiger partial charge in [-0.2, -0.15) is 0 Å². The van der Waals surface area contributed by atoms with Gasteiger partial charge in [-0.1, -0.05) is 25.1 Å². The molecule has 4 nitrogen and oxygen atoms in total. The molecule has 0 aromatic heterocycles. The minimum absolute atomic E-state index is 0.00234. The van der Waals surface area contributed by atoms with E-state index in [9.17, 15) is 13.5 Å². The summed E-state index contributed by atoms with van der Waals surface area (Å²) in [4.78, 5) is 0. The summed E-state index contributed by atoms with van der Waals surface area (Å²) >= 11 is 0. The van der Waals surface area contributed by atoms with Gasteiger partial charge in [-0.3, -0.25) is 0 Å². The molecule has 0 bridgehead atoms.